The predicted octanol–water partition coefficient (Wildman–Crippen LogP) is 3.73. The van der Waals surface area contributed by atoms with Crippen molar-refractivity contribution in [3.8, 4) is 5.75 Å². The number of carbonyl (C=O) groups excluding carboxylic acids is 3. The molecule has 0 saturated carbocycles. The van der Waals surface area contributed by atoms with Crippen LogP contribution in [0.2, 0.25) is 0 Å². The quantitative estimate of drug-likeness (QED) is 0.595. The molecule has 0 saturated heterocycles. The Morgan fingerprint density at radius 1 is 0.903 bits per heavy atom. The first kappa shape index (κ1) is 23.7. The number of hydrogen-bond donors (Lipinski definition) is 3. The third-order valence-electron chi connectivity index (χ3n) is 3.97. The molecule has 0 bridgehead atoms. The molecule has 0 spiro atoms. The highest BCUT2D eigenvalue weighted by Crippen LogP contribution is 2.17. The first-order chi connectivity index (χ1) is 14.6. The van der Waals surface area contributed by atoms with Crippen LogP contribution in [-0.4, -0.2) is 37.2 Å². The number of nitrogens with one attached hydrogen (secondary N) is 3. The number of carbonyl (C=O) groups is 3. The second kappa shape index (κ2) is 11.0. The summed E-state index contributed by atoms with van der Waals surface area (Å²) in [5.41, 5.74) is 1.39. The minimum Gasteiger partial charge on any atom is -0.497 e. The SMILES string of the molecule is COc1ccc(CC(=O)Nc2cccc(NC(=O)CCNC(=O)OC(C)(C)C)c2)cc1. The van der Waals surface area contributed by atoms with Crippen LogP contribution in [0, 0.1) is 0 Å². The van der Waals surface area contributed by atoms with Crippen LogP contribution in [0.5, 0.6) is 5.75 Å². The number of alkyl carbamates (subject to hydrolysis) is 1. The van der Waals surface area contributed by atoms with Gasteiger partial charge < -0.3 is 25.4 Å². The van der Waals surface area contributed by atoms with Gasteiger partial charge in [-0.05, 0) is 56.7 Å². The summed E-state index contributed by atoms with van der Waals surface area (Å²) in [6.07, 6.45) is -0.258. The fourth-order valence-corrected chi connectivity index (χ4v) is 2.62. The Balaban J connectivity index is 1.80. The molecule has 31 heavy (non-hydrogen) atoms. The van der Waals surface area contributed by atoms with E-state index in [1.54, 1.807) is 64.3 Å². The zero-order valence-corrected chi connectivity index (χ0v) is 18.3. The van der Waals surface area contributed by atoms with Crippen LogP contribution >= 0.6 is 0 Å². The van der Waals surface area contributed by atoms with Gasteiger partial charge in [-0.3, -0.25) is 9.59 Å². The summed E-state index contributed by atoms with van der Waals surface area (Å²) in [5.74, 6) is 0.293. The number of amides is 3. The average molecular weight is 428 g/mol. The van der Waals surface area contributed by atoms with Gasteiger partial charge in [-0.2, -0.15) is 0 Å². The molecule has 0 aliphatic carbocycles. The molecule has 2 aromatic rings. The Morgan fingerprint density at radius 3 is 2.10 bits per heavy atom. The molecular weight excluding hydrogens is 398 g/mol. The lowest BCUT2D eigenvalue weighted by Gasteiger charge is -2.19. The van der Waals surface area contributed by atoms with Crippen molar-refractivity contribution in [2.24, 2.45) is 0 Å². The van der Waals surface area contributed by atoms with Crippen molar-refractivity contribution in [3.63, 3.8) is 0 Å². The lowest BCUT2D eigenvalue weighted by Crippen LogP contribution is -2.34. The minimum atomic E-state index is -0.593. The molecule has 8 heteroatoms. The van der Waals surface area contributed by atoms with Crippen molar-refractivity contribution in [1.29, 1.82) is 0 Å². The van der Waals surface area contributed by atoms with E-state index < -0.39 is 11.7 Å². The molecule has 3 amide bonds. The van der Waals surface area contributed by atoms with E-state index in [0.717, 1.165) is 11.3 Å². The average Bonchev–Trinajstić information content (AvgIpc) is 2.67. The number of hydrogen-bond acceptors (Lipinski definition) is 5. The van der Waals surface area contributed by atoms with Gasteiger partial charge in [-0.1, -0.05) is 18.2 Å². The Bertz CT molecular complexity index is 904. The van der Waals surface area contributed by atoms with Gasteiger partial charge in [0, 0.05) is 24.3 Å². The summed E-state index contributed by atoms with van der Waals surface area (Å²) in [4.78, 5) is 36.0. The van der Waals surface area contributed by atoms with Crippen LogP contribution in [0.15, 0.2) is 48.5 Å². The van der Waals surface area contributed by atoms with Gasteiger partial charge in [0.25, 0.3) is 0 Å². The second-order valence-corrected chi connectivity index (χ2v) is 7.88. The summed E-state index contributed by atoms with van der Waals surface area (Å²) >= 11 is 0. The highest BCUT2D eigenvalue weighted by atomic mass is 16.6. The number of methoxy groups -OCH3 is 1. The molecule has 8 nitrogen and oxygen atoms in total. The third kappa shape index (κ3) is 9.20. The molecule has 2 rings (SSSR count). The molecule has 3 N–H and O–H groups in total. The maximum atomic E-state index is 12.3. The number of ether oxygens (including phenoxy) is 2. The molecule has 0 atom stereocenters. The summed E-state index contributed by atoms with van der Waals surface area (Å²) in [7, 11) is 1.59. The largest absolute Gasteiger partial charge is 0.497 e. The van der Waals surface area contributed by atoms with E-state index in [-0.39, 0.29) is 31.2 Å². The van der Waals surface area contributed by atoms with Crippen molar-refractivity contribution in [2.75, 3.05) is 24.3 Å². The summed E-state index contributed by atoms with van der Waals surface area (Å²) < 4.78 is 10.2. The van der Waals surface area contributed by atoms with E-state index in [2.05, 4.69) is 16.0 Å². The predicted molar refractivity (Wildman–Crippen MR) is 119 cm³/mol. The van der Waals surface area contributed by atoms with E-state index in [4.69, 9.17) is 9.47 Å². The zero-order valence-electron chi connectivity index (χ0n) is 18.3. The van der Waals surface area contributed by atoms with E-state index in [0.29, 0.717) is 11.4 Å². The topological polar surface area (TPSA) is 106 Å². The van der Waals surface area contributed by atoms with Gasteiger partial charge in [0.1, 0.15) is 11.4 Å². The van der Waals surface area contributed by atoms with Crippen molar-refractivity contribution in [2.45, 2.75) is 39.2 Å². The zero-order chi connectivity index (χ0) is 22.9. The Hall–Kier alpha value is -3.55. The van der Waals surface area contributed by atoms with Crippen molar-refractivity contribution < 1.29 is 23.9 Å². The Labute approximate surface area is 182 Å². The lowest BCUT2D eigenvalue weighted by atomic mass is 10.1. The molecule has 2 aromatic carbocycles. The Morgan fingerprint density at radius 2 is 1.52 bits per heavy atom. The van der Waals surface area contributed by atoms with Gasteiger partial charge in [0.2, 0.25) is 11.8 Å². The van der Waals surface area contributed by atoms with Crippen LogP contribution in [0.1, 0.15) is 32.8 Å². The highest BCUT2D eigenvalue weighted by molar-refractivity contribution is 5.95. The maximum Gasteiger partial charge on any atom is 0.407 e. The number of rotatable bonds is 8. The highest BCUT2D eigenvalue weighted by Gasteiger charge is 2.16. The van der Waals surface area contributed by atoms with Crippen molar-refractivity contribution >= 4 is 29.3 Å². The first-order valence-corrected chi connectivity index (χ1v) is 9.94. The van der Waals surface area contributed by atoms with E-state index in [1.165, 1.54) is 0 Å². The fourth-order valence-electron chi connectivity index (χ4n) is 2.62. The molecule has 0 aromatic heterocycles. The summed E-state index contributed by atoms with van der Waals surface area (Å²) in [6.45, 7) is 5.45. The van der Waals surface area contributed by atoms with Crippen molar-refractivity contribution in [1.82, 2.24) is 5.32 Å². The van der Waals surface area contributed by atoms with Crippen LogP contribution in [0.3, 0.4) is 0 Å². The van der Waals surface area contributed by atoms with E-state index in [9.17, 15) is 14.4 Å². The van der Waals surface area contributed by atoms with Gasteiger partial charge in [0.15, 0.2) is 0 Å². The molecular formula is C23H29N3O5. The molecule has 0 aliphatic heterocycles. The maximum absolute atomic E-state index is 12.3. The number of anilines is 2. The monoisotopic (exact) mass is 427 g/mol. The molecule has 0 fully saturated rings. The molecule has 0 aliphatic rings. The first-order valence-electron chi connectivity index (χ1n) is 9.94. The third-order valence-corrected chi connectivity index (χ3v) is 3.97. The molecule has 0 unspecified atom stereocenters. The van der Waals surface area contributed by atoms with E-state index >= 15 is 0 Å². The van der Waals surface area contributed by atoms with E-state index in [1.807, 2.05) is 12.1 Å². The van der Waals surface area contributed by atoms with Crippen LogP contribution in [-0.2, 0) is 20.7 Å². The Kier molecular flexibility index (Phi) is 8.43. The van der Waals surface area contributed by atoms with Gasteiger partial charge >= 0.3 is 6.09 Å². The van der Waals surface area contributed by atoms with Crippen LogP contribution in [0.25, 0.3) is 0 Å². The fraction of sp³-hybridized carbons (Fsp3) is 0.348. The molecule has 166 valence electrons. The second-order valence-electron chi connectivity index (χ2n) is 7.88. The minimum absolute atomic E-state index is 0.0906. The van der Waals surface area contributed by atoms with Crippen molar-refractivity contribution in [3.05, 3.63) is 54.1 Å². The summed E-state index contributed by atoms with van der Waals surface area (Å²) in [6, 6.07) is 14.1. The molecule has 0 radical (unpaired) electrons. The van der Waals surface area contributed by atoms with Gasteiger partial charge in [-0.25, -0.2) is 4.79 Å². The molecule has 0 heterocycles. The lowest BCUT2D eigenvalue weighted by molar-refractivity contribution is -0.116. The van der Waals surface area contributed by atoms with Crippen LogP contribution in [0.4, 0.5) is 16.2 Å². The number of benzene rings is 2. The standard InChI is InChI=1S/C23H29N3O5/c1-23(2,3)31-22(29)24-13-12-20(27)25-17-6-5-7-18(15-17)26-21(28)14-16-8-10-19(30-4)11-9-16/h5-11,15H,12-14H2,1-4H3,(H,24,29)(H,25,27)(H,26,28). The normalized spacial score (nSPS) is 10.7. The summed E-state index contributed by atoms with van der Waals surface area (Å²) in [5, 5.41) is 8.10. The van der Waals surface area contributed by atoms with Gasteiger partial charge in [0.05, 0.1) is 13.5 Å². The van der Waals surface area contributed by atoms with Crippen LogP contribution < -0.4 is 20.7 Å². The smallest absolute Gasteiger partial charge is 0.407 e. The van der Waals surface area contributed by atoms with Gasteiger partial charge in [-0.15, -0.1) is 0 Å².